The van der Waals surface area contributed by atoms with Gasteiger partial charge in [0.25, 0.3) is 10.0 Å². The van der Waals surface area contributed by atoms with Crippen LogP contribution in [0.15, 0.2) is 45.8 Å². The first-order valence-electron chi connectivity index (χ1n) is 6.97. The van der Waals surface area contributed by atoms with Crippen molar-refractivity contribution >= 4 is 26.5 Å². The van der Waals surface area contributed by atoms with Crippen molar-refractivity contribution in [1.29, 1.82) is 0 Å². The summed E-state index contributed by atoms with van der Waals surface area (Å²) in [5.41, 5.74) is 0.663. The van der Waals surface area contributed by atoms with Crippen molar-refractivity contribution in [2.75, 3.05) is 4.31 Å². The molecule has 2 heterocycles. The van der Waals surface area contributed by atoms with Gasteiger partial charge in [-0.3, -0.25) is 4.31 Å². The molecular weight excluding hydrogens is 302 g/mol. The van der Waals surface area contributed by atoms with Gasteiger partial charge >= 0.3 is 0 Å². The Labute approximate surface area is 127 Å². The number of hydrogen-bond donors (Lipinski definition) is 0. The molecule has 0 radical (unpaired) electrons. The van der Waals surface area contributed by atoms with Gasteiger partial charge in [0.15, 0.2) is 5.82 Å². The topological polar surface area (TPSA) is 76.3 Å². The standard InChI is InChI=1S/C15H13N3O3S/c1-2-14-16-13(17-21-14)9-18-11-7-3-5-10-6-4-8-12(15(10)11)22(18,19)20/h3-8H,2,9H2,1H3. The third-order valence-electron chi connectivity index (χ3n) is 3.78. The molecule has 4 rings (SSSR count). The molecule has 6 nitrogen and oxygen atoms in total. The van der Waals surface area contributed by atoms with E-state index < -0.39 is 10.0 Å². The van der Waals surface area contributed by atoms with Gasteiger partial charge in [0.05, 0.1) is 17.1 Å². The molecule has 0 atom stereocenters. The molecule has 1 aromatic heterocycles. The van der Waals surface area contributed by atoms with Gasteiger partial charge in [-0.25, -0.2) is 8.42 Å². The summed E-state index contributed by atoms with van der Waals surface area (Å²) >= 11 is 0. The van der Waals surface area contributed by atoms with Crippen LogP contribution < -0.4 is 4.31 Å². The van der Waals surface area contributed by atoms with E-state index in [9.17, 15) is 8.42 Å². The van der Waals surface area contributed by atoms with Crippen molar-refractivity contribution < 1.29 is 12.9 Å². The Bertz CT molecular complexity index is 973. The molecule has 0 saturated carbocycles. The van der Waals surface area contributed by atoms with Crippen LogP contribution in [0.5, 0.6) is 0 Å². The minimum absolute atomic E-state index is 0.0691. The second-order valence-electron chi connectivity index (χ2n) is 5.10. The molecule has 7 heteroatoms. The first-order chi connectivity index (χ1) is 10.6. The Balaban J connectivity index is 1.86. The third kappa shape index (κ3) is 1.75. The highest BCUT2D eigenvalue weighted by atomic mass is 32.2. The van der Waals surface area contributed by atoms with Crippen molar-refractivity contribution in [3.63, 3.8) is 0 Å². The van der Waals surface area contributed by atoms with Gasteiger partial charge < -0.3 is 4.52 Å². The molecule has 1 aliphatic heterocycles. The molecule has 0 unspecified atom stereocenters. The lowest BCUT2D eigenvalue weighted by molar-refractivity contribution is 0.377. The maximum absolute atomic E-state index is 12.8. The number of anilines is 1. The van der Waals surface area contributed by atoms with Crippen LogP contribution in [0.1, 0.15) is 18.6 Å². The highest BCUT2D eigenvalue weighted by molar-refractivity contribution is 7.93. The zero-order chi connectivity index (χ0) is 15.3. The minimum Gasteiger partial charge on any atom is -0.339 e. The molecule has 0 spiro atoms. The summed E-state index contributed by atoms with van der Waals surface area (Å²) in [5, 5.41) is 5.51. The number of hydrogen-bond acceptors (Lipinski definition) is 5. The van der Waals surface area contributed by atoms with Gasteiger partial charge in [-0.15, -0.1) is 0 Å². The first kappa shape index (κ1) is 13.3. The summed E-state index contributed by atoms with van der Waals surface area (Å²) < 4.78 is 32.0. The fourth-order valence-corrected chi connectivity index (χ4v) is 4.42. The van der Waals surface area contributed by atoms with E-state index in [0.717, 1.165) is 10.8 Å². The largest absolute Gasteiger partial charge is 0.339 e. The number of nitrogens with zero attached hydrogens (tertiary/aromatic N) is 3. The SMILES string of the molecule is CCc1nc(CN2c3cccc4cccc(c34)S2(=O)=O)no1. The Morgan fingerprint density at radius 1 is 1.18 bits per heavy atom. The first-order valence-corrected chi connectivity index (χ1v) is 8.41. The normalized spacial score (nSPS) is 15.6. The van der Waals surface area contributed by atoms with Crippen LogP contribution in [-0.4, -0.2) is 18.6 Å². The van der Waals surface area contributed by atoms with Crippen molar-refractivity contribution in [1.82, 2.24) is 10.1 Å². The average Bonchev–Trinajstić information content (AvgIpc) is 3.06. The smallest absolute Gasteiger partial charge is 0.265 e. The van der Waals surface area contributed by atoms with E-state index in [2.05, 4.69) is 10.1 Å². The molecule has 0 bridgehead atoms. The van der Waals surface area contributed by atoms with Gasteiger partial charge in [-0.1, -0.05) is 36.3 Å². The van der Waals surface area contributed by atoms with Gasteiger partial charge in [0.2, 0.25) is 5.89 Å². The van der Waals surface area contributed by atoms with Gasteiger partial charge in [-0.05, 0) is 17.5 Å². The number of sulfonamides is 1. The lowest BCUT2D eigenvalue weighted by Crippen LogP contribution is -2.27. The van der Waals surface area contributed by atoms with E-state index in [-0.39, 0.29) is 6.54 Å². The van der Waals surface area contributed by atoms with Crippen molar-refractivity contribution in [3.8, 4) is 0 Å². The maximum atomic E-state index is 12.8. The number of rotatable bonds is 3. The summed E-state index contributed by atoms with van der Waals surface area (Å²) in [6, 6.07) is 10.9. The zero-order valence-corrected chi connectivity index (χ0v) is 12.7. The lowest BCUT2D eigenvalue weighted by Gasteiger charge is -2.16. The van der Waals surface area contributed by atoms with Crippen molar-refractivity contribution in [3.05, 3.63) is 48.1 Å². The number of aryl methyl sites for hydroxylation is 1. The molecule has 0 aliphatic carbocycles. The second kappa shape index (κ2) is 4.54. The van der Waals surface area contributed by atoms with Crippen LogP contribution in [0.3, 0.4) is 0 Å². The molecule has 3 aromatic rings. The quantitative estimate of drug-likeness (QED) is 0.742. The molecule has 2 aromatic carbocycles. The fourth-order valence-electron chi connectivity index (χ4n) is 2.75. The van der Waals surface area contributed by atoms with E-state index in [1.165, 1.54) is 4.31 Å². The van der Waals surface area contributed by atoms with Crippen LogP contribution in [0.4, 0.5) is 5.69 Å². The van der Waals surface area contributed by atoms with Gasteiger partial charge in [-0.2, -0.15) is 4.98 Å². The monoisotopic (exact) mass is 315 g/mol. The Kier molecular flexibility index (Phi) is 2.74. The van der Waals surface area contributed by atoms with Crippen LogP contribution >= 0.6 is 0 Å². The Morgan fingerprint density at radius 2 is 1.95 bits per heavy atom. The van der Waals surface area contributed by atoms with E-state index in [1.54, 1.807) is 18.2 Å². The zero-order valence-electron chi connectivity index (χ0n) is 11.9. The third-order valence-corrected chi connectivity index (χ3v) is 5.58. The highest BCUT2D eigenvalue weighted by Crippen LogP contribution is 2.42. The molecule has 0 fully saturated rings. The average molecular weight is 315 g/mol. The molecule has 1 aliphatic rings. The number of aromatic nitrogens is 2. The van der Waals surface area contributed by atoms with Crippen LogP contribution in [0.2, 0.25) is 0 Å². The van der Waals surface area contributed by atoms with Crippen molar-refractivity contribution in [2.24, 2.45) is 0 Å². The Morgan fingerprint density at radius 3 is 2.68 bits per heavy atom. The predicted octanol–water partition coefficient (Wildman–Crippen LogP) is 2.49. The van der Waals surface area contributed by atoms with E-state index in [4.69, 9.17) is 4.52 Å². The molecule has 22 heavy (non-hydrogen) atoms. The summed E-state index contributed by atoms with van der Waals surface area (Å²) in [5.74, 6) is 0.868. The van der Waals surface area contributed by atoms with E-state index >= 15 is 0 Å². The predicted molar refractivity (Wildman–Crippen MR) is 81.0 cm³/mol. The van der Waals surface area contributed by atoms with Crippen molar-refractivity contribution in [2.45, 2.75) is 24.8 Å². The second-order valence-corrected chi connectivity index (χ2v) is 6.93. The highest BCUT2D eigenvalue weighted by Gasteiger charge is 2.36. The molecule has 0 saturated heterocycles. The summed E-state index contributed by atoms with van der Waals surface area (Å²) in [6.45, 7) is 1.97. The summed E-state index contributed by atoms with van der Waals surface area (Å²) in [6.07, 6.45) is 0.621. The fraction of sp³-hybridized carbons (Fsp3) is 0.200. The van der Waals surface area contributed by atoms with E-state index in [1.807, 2.05) is 25.1 Å². The van der Waals surface area contributed by atoms with Crippen LogP contribution in [-0.2, 0) is 23.0 Å². The summed E-state index contributed by atoms with van der Waals surface area (Å²) in [7, 11) is -3.58. The molecule has 0 N–H and O–H groups in total. The van der Waals surface area contributed by atoms with Crippen LogP contribution in [0.25, 0.3) is 10.8 Å². The number of benzene rings is 2. The van der Waals surface area contributed by atoms with Gasteiger partial charge in [0, 0.05) is 11.8 Å². The Hall–Kier alpha value is -2.41. The molecular formula is C15H13N3O3S. The van der Waals surface area contributed by atoms with Crippen LogP contribution in [0, 0.1) is 0 Å². The maximum Gasteiger partial charge on any atom is 0.265 e. The molecule has 112 valence electrons. The van der Waals surface area contributed by atoms with E-state index in [0.29, 0.717) is 28.7 Å². The minimum atomic E-state index is -3.58. The lowest BCUT2D eigenvalue weighted by atomic mass is 10.1. The molecule has 0 amide bonds. The summed E-state index contributed by atoms with van der Waals surface area (Å²) in [4.78, 5) is 4.53. The van der Waals surface area contributed by atoms with Gasteiger partial charge in [0.1, 0.15) is 0 Å².